The molecule has 0 saturated carbocycles. The minimum absolute atomic E-state index is 0.197. The highest BCUT2D eigenvalue weighted by Crippen LogP contribution is 2.15. The molecule has 0 atom stereocenters. The summed E-state index contributed by atoms with van der Waals surface area (Å²) in [6, 6.07) is 3.54. The molecule has 0 aliphatic rings. The van der Waals surface area contributed by atoms with E-state index in [-0.39, 0.29) is 5.91 Å². The van der Waals surface area contributed by atoms with Crippen LogP contribution in [0.4, 0.5) is 0 Å². The number of aromatic nitrogens is 1. The number of amides is 1. The molecule has 0 N–H and O–H groups in total. The third-order valence-electron chi connectivity index (χ3n) is 1.91. The van der Waals surface area contributed by atoms with Crippen LogP contribution in [0.5, 0.6) is 0 Å². The van der Waals surface area contributed by atoms with E-state index in [2.05, 4.69) is 4.98 Å². The SMILES string of the molecule is CN(CCC#N)C(=O)c1ccncc1Cl. The van der Waals surface area contributed by atoms with E-state index in [0.29, 0.717) is 23.6 Å². The first kappa shape index (κ1) is 11.5. The molecule has 0 saturated heterocycles. The Bertz CT molecular complexity index is 400. The lowest BCUT2D eigenvalue weighted by atomic mass is 10.2. The minimum atomic E-state index is -0.197. The van der Waals surface area contributed by atoms with Crippen LogP contribution in [0.3, 0.4) is 0 Å². The monoisotopic (exact) mass is 223 g/mol. The lowest BCUT2D eigenvalue weighted by Gasteiger charge is -2.15. The molecule has 15 heavy (non-hydrogen) atoms. The summed E-state index contributed by atoms with van der Waals surface area (Å²) in [6.07, 6.45) is 3.25. The fourth-order valence-electron chi connectivity index (χ4n) is 1.07. The highest BCUT2D eigenvalue weighted by Gasteiger charge is 2.14. The molecule has 0 spiro atoms. The molecule has 0 fully saturated rings. The van der Waals surface area contributed by atoms with Gasteiger partial charge < -0.3 is 4.90 Å². The molecule has 4 nitrogen and oxygen atoms in total. The molecule has 0 aliphatic heterocycles. The normalized spacial score (nSPS) is 9.40. The third-order valence-corrected chi connectivity index (χ3v) is 2.21. The van der Waals surface area contributed by atoms with E-state index in [4.69, 9.17) is 16.9 Å². The predicted molar refractivity (Wildman–Crippen MR) is 56.4 cm³/mol. The van der Waals surface area contributed by atoms with Crippen LogP contribution in [0.25, 0.3) is 0 Å². The van der Waals surface area contributed by atoms with Crippen molar-refractivity contribution < 1.29 is 4.79 Å². The summed E-state index contributed by atoms with van der Waals surface area (Å²) in [4.78, 5) is 17.0. The van der Waals surface area contributed by atoms with Gasteiger partial charge in [0, 0.05) is 26.0 Å². The molecule has 0 unspecified atom stereocenters. The number of carbonyl (C=O) groups is 1. The Hall–Kier alpha value is -1.60. The third kappa shape index (κ3) is 2.93. The topological polar surface area (TPSA) is 57.0 Å². The first-order valence-electron chi connectivity index (χ1n) is 4.38. The van der Waals surface area contributed by atoms with E-state index in [1.165, 1.54) is 17.3 Å². The van der Waals surface area contributed by atoms with Gasteiger partial charge in [-0.15, -0.1) is 0 Å². The van der Waals surface area contributed by atoms with Crippen LogP contribution >= 0.6 is 11.6 Å². The zero-order valence-electron chi connectivity index (χ0n) is 8.27. The number of pyridine rings is 1. The van der Waals surface area contributed by atoms with Crippen molar-refractivity contribution in [3.05, 3.63) is 29.0 Å². The maximum atomic E-state index is 11.8. The highest BCUT2D eigenvalue weighted by molar-refractivity contribution is 6.33. The van der Waals surface area contributed by atoms with Crippen molar-refractivity contribution in [2.24, 2.45) is 0 Å². The maximum absolute atomic E-state index is 11.8. The fraction of sp³-hybridized carbons (Fsp3) is 0.300. The number of hydrogen-bond donors (Lipinski definition) is 0. The summed E-state index contributed by atoms with van der Waals surface area (Å²) < 4.78 is 0. The van der Waals surface area contributed by atoms with Crippen LogP contribution in [0.1, 0.15) is 16.8 Å². The molecule has 0 radical (unpaired) electrons. The summed E-state index contributed by atoms with van der Waals surface area (Å²) >= 11 is 5.82. The van der Waals surface area contributed by atoms with Gasteiger partial charge in [-0.2, -0.15) is 5.26 Å². The van der Waals surface area contributed by atoms with Gasteiger partial charge in [0.15, 0.2) is 0 Å². The molecule has 0 bridgehead atoms. The molecule has 78 valence electrons. The Balaban J connectivity index is 2.77. The average molecular weight is 224 g/mol. The number of halogens is 1. The molecule has 0 aromatic carbocycles. The van der Waals surface area contributed by atoms with Crippen molar-refractivity contribution in [2.75, 3.05) is 13.6 Å². The van der Waals surface area contributed by atoms with Crippen molar-refractivity contribution in [1.29, 1.82) is 5.26 Å². The molecule has 1 rings (SSSR count). The van der Waals surface area contributed by atoms with Gasteiger partial charge >= 0.3 is 0 Å². The molecule has 5 heteroatoms. The Kier molecular flexibility index (Phi) is 4.07. The fourth-order valence-corrected chi connectivity index (χ4v) is 1.27. The van der Waals surface area contributed by atoms with Gasteiger partial charge in [-0.25, -0.2) is 0 Å². The van der Waals surface area contributed by atoms with Gasteiger partial charge in [0.2, 0.25) is 0 Å². The molecule has 1 aromatic rings. The Morgan fingerprint density at radius 3 is 3.07 bits per heavy atom. The molecule has 1 heterocycles. The minimum Gasteiger partial charge on any atom is -0.341 e. The standard InChI is InChI=1S/C10H10ClN3O/c1-14(6-2-4-12)10(15)8-3-5-13-7-9(8)11/h3,5,7H,2,6H2,1H3. The van der Waals surface area contributed by atoms with E-state index >= 15 is 0 Å². The van der Waals surface area contributed by atoms with E-state index in [0.717, 1.165) is 0 Å². The van der Waals surface area contributed by atoms with Crippen molar-refractivity contribution in [2.45, 2.75) is 6.42 Å². The van der Waals surface area contributed by atoms with Crippen LogP contribution in [-0.4, -0.2) is 29.4 Å². The number of nitrogens with zero attached hydrogens (tertiary/aromatic N) is 3. The van der Waals surface area contributed by atoms with Gasteiger partial charge in [-0.1, -0.05) is 11.6 Å². The lowest BCUT2D eigenvalue weighted by molar-refractivity contribution is 0.0798. The van der Waals surface area contributed by atoms with Crippen molar-refractivity contribution in [3.8, 4) is 6.07 Å². The van der Waals surface area contributed by atoms with Crippen molar-refractivity contribution in [1.82, 2.24) is 9.88 Å². The Morgan fingerprint density at radius 2 is 2.47 bits per heavy atom. The zero-order valence-corrected chi connectivity index (χ0v) is 9.03. The summed E-state index contributed by atoms with van der Waals surface area (Å²) in [5, 5.41) is 8.72. The van der Waals surface area contributed by atoms with Crippen molar-refractivity contribution in [3.63, 3.8) is 0 Å². The smallest absolute Gasteiger partial charge is 0.255 e. The van der Waals surface area contributed by atoms with Crippen LogP contribution in [-0.2, 0) is 0 Å². The van der Waals surface area contributed by atoms with Gasteiger partial charge in [-0.05, 0) is 6.07 Å². The second kappa shape index (κ2) is 5.32. The number of carbonyl (C=O) groups excluding carboxylic acids is 1. The number of nitriles is 1. The van der Waals surface area contributed by atoms with Crippen LogP contribution in [0.15, 0.2) is 18.5 Å². The Labute approximate surface area is 93.1 Å². The van der Waals surface area contributed by atoms with E-state index in [1.807, 2.05) is 6.07 Å². The van der Waals surface area contributed by atoms with Crippen LogP contribution < -0.4 is 0 Å². The van der Waals surface area contributed by atoms with E-state index in [9.17, 15) is 4.79 Å². The van der Waals surface area contributed by atoms with Gasteiger partial charge in [0.25, 0.3) is 5.91 Å². The molecular weight excluding hydrogens is 214 g/mol. The number of rotatable bonds is 3. The summed E-state index contributed by atoms with van der Waals surface area (Å²) in [7, 11) is 1.64. The molecule has 1 amide bonds. The van der Waals surface area contributed by atoms with E-state index in [1.54, 1.807) is 13.1 Å². The van der Waals surface area contributed by atoms with Gasteiger partial charge in [0.1, 0.15) is 0 Å². The summed E-state index contributed by atoms with van der Waals surface area (Å²) in [5.41, 5.74) is 0.409. The highest BCUT2D eigenvalue weighted by atomic mass is 35.5. The average Bonchev–Trinajstić information content (AvgIpc) is 2.25. The summed E-state index contributed by atoms with van der Waals surface area (Å²) in [6.45, 7) is 0.397. The van der Waals surface area contributed by atoms with Gasteiger partial charge in [0.05, 0.1) is 23.1 Å². The molecule has 0 aliphatic carbocycles. The molecular formula is C10H10ClN3O. The first-order chi connectivity index (χ1) is 7.16. The largest absolute Gasteiger partial charge is 0.341 e. The van der Waals surface area contributed by atoms with Crippen molar-refractivity contribution >= 4 is 17.5 Å². The summed E-state index contributed by atoms with van der Waals surface area (Å²) in [5.74, 6) is -0.197. The van der Waals surface area contributed by atoms with Gasteiger partial charge in [-0.3, -0.25) is 9.78 Å². The maximum Gasteiger partial charge on any atom is 0.255 e. The Morgan fingerprint density at radius 1 is 1.73 bits per heavy atom. The number of hydrogen-bond acceptors (Lipinski definition) is 3. The second-order valence-corrected chi connectivity index (χ2v) is 3.40. The zero-order chi connectivity index (χ0) is 11.3. The molecule has 1 aromatic heterocycles. The van der Waals surface area contributed by atoms with Crippen LogP contribution in [0, 0.1) is 11.3 Å². The predicted octanol–water partition coefficient (Wildman–Crippen LogP) is 1.72. The first-order valence-corrected chi connectivity index (χ1v) is 4.76. The quantitative estimate of drug-likeness (QED) is 0.784. The lowest BCUT2D eigenvalue weighted by Crippen LogP contribution is -2.27. The second-order valence-electron chi connectivity index (χ2n) is 2.99. The van der Waals surface area contributed by atoms with Crippen LogP contribution in [0.2, 0.25) is 5.02 Å². The van der Waals surface area contributed by atoms with E-state index < -0.39 is 0 Å².